The third kappa shape index (κ3) is 3.12. The second kappa shape index (κ2) is 7.04. The Balaban J connectivity index is 1.42. The van der Waals surface area contributed by atoms with Crippen LogP contribution in [-0.2, 0) is 25.8 Å². The van der Waals surface area contributed by atoms with Gasteiger partial charge in [0.25, 0.3) is 5.91 Å². The summed E-state index contributed by atoms with van der Waals surface area (Å²) in [6, 6.07) is 2.27. The van der Waals surface area contributed by atoms with E-state index >= 15 is 0 Å². The second-order valence-corrected chi connectivity index (χ2v) is 9.64. The number of aromatic nitrogens is 3. The van der Waals surface area contributed by atoms with Crippen molar-refractivity contribution < 1.29 is 4.79 Å². The molecule has 1 fully saturated rings. The molecule has 2 aliphatic heterocycles. The molecule has 144 valence electrons. The Bertz CT molecular complexity index is 854. The quantitative estimate of drug-likeness (QED) is 0.781. The summed E-state index contributed by atoms with van der Waals surface area (Å²) in [5.41, 5.74) is 1.41. The highest BCUT2D eigenvalue weighted by atomic mass is 32.1. The Hall–Kier alpha value is -1.69. The zero-order chi connectivity index (χ0) is 18.4. The van der Waals surface area contributed by atoms with Gasteiger partial charge in [0.05, 0.1) is 10.9 Å². The van der Waals surface area contributed by atoms with Crippen LogP contribution in [0.4, 0.5) is 0 Å². The van der Waals surface area contributed by atoms with Gasteiger partial charge in [0.15, 0.2) is 5.82 Å². The average molecular weight is 385 g/mol. The number of hydrogen-bond acceptors (Lipinski definition) is 4. The molecule has 6 heteroatoms. The third-order valence-electron chi connectivity index (χ3n) is 6.49. The van der Waals surface area contributed by atoms with Crippen LogP contribution in [0.3, 0.4) is 0 Å². The van der Waals surface area contributed by atoms with Crippen LogP contribution in [0.15, 0.2) is 6.07 Å². The van der Waals surface area contributed by atoms with E-state index in [0.29, 0.717) is 0 Å². The second-order valence-electron chi connectivity index (χ2n) is 8.50. The normalized spacial score (nSPS) is 25.1. The van der Waals surface area contributed by atoms with Gasteiger partial charge in [-0.05, 0) is 62.5 Å². The standard InChI is InChI=1S/C21H28N4OS/c1-14-8-9-17-15(12-14)13-18(27-17)21(26)24-11-5-6-16(24)20-23-22-19-7-3-2-4-10-25(19)20/h13-14,16H,2-12H2,1H3. The molecule has 2 aromatic rings. The monoisotopic (exact) mass is 384 g/mol. The van der Waals surface area contributed by atoms with Gasteiger partial charge in [0.1, 0.15) is 5.82 Å². The SMILES string of the molecule is CC1CCc2sc(C(=O)N3CCCC3c3nnc4n3CCCCC4)cc2C1. The number of likely N-dealkylation sites (tertiary alicyclic amines) is 1. The number of fused-ring (bicyclic) bond motifs is 2. The summed E-state index contributed by atoms with van der Waals surface area (Å²) in [5.74, 6) is 3.08. The van der Waals surface area contributed by atoms with E-state index in [1.165, 1.54) is 36.1 Å². The van der Waals surface area contributed by atoms with E-state index < -0.39 is 0 Å². The highest BCUT2D eigenvalue weighted by molar-refractivity contribution is 7.14. The van der Waals surface area contributed by atoms with Crippen LogP contribution in [0.5, 0.6) is 0 Å². The van der Waals surface area contributed by atoms with Crippen LogP contribution >= 0.6 is 11.3 Å². The lowest BCUT2D eigenvalue weighted by molar-refractivity contribution is 0.0732. The van der Waals surface area contributed by atoms with E-state index in [1.807, 2.05) is 0 Å². The molecule has 1 amide bonds. The maximum atomic E-state index is 13.4. The Kier molecular flexibility index (Phi) is 4.54. The van der Waals surface area contributed by atoms with Crippen LogP contribution in [0, 0.1) is 5.92 Å². The Morgan fingerprint density at radius 1 is 1.11 bits per heavy atom. The van der Waals surface area contributed by atoms with Crippen molar-refractivity contribution in [1.29, 1.82) is 0 Å². The Labute approximate surface area is 164 Å². The summed E-state index contributed by atoms with van der Waals surface area (Å²) < 4.78 is 2.31. The number of amides is 1. The molecule has 1 aliphatic carbocycles. The zero-order valence-electron chi connectivity index (χ0n) is 16.1. The predicted molar refractivity (Wildman–Crippen MR) is 106 cm³/mol. The maximum absolute atomic E-state index is 13.4. The summed E-state index contributed by atoms with van der Waals surface area (Å²) in [4.78, 5) is 17.8. The summed E-state index contributed by atoms with van der Waals surface area (Å²) in [6.07, 6.45) is 10.2. The molecule has 2 unspecified atom stereocenters. The molecule has 2 aromatic heterocycles. The van der Waals surface area contributed by atoms with Crippen molar-refractivity contribution in [2.45, 2.75) is 77.3 Å². The summed E-state index contributed by atoms with van der Waals surface area (Å²) in [6.45, 7) is 4.15. The molecule has 0 bridgehead atoms. The molecule has 3 aliphatic rings. The van der Waals surface area contributed by atoms with E-state index in [2.05, 4.69) is 32.7 Å². The lowest BCUT2D eigenvalue weighted by Gasteiger charge is -2.24. The van der Waals surface area contributed by atoms with Gasteiger partial charge in [-0.15, -0.1) is 21.5 Å². The first-order chi connectivity index (χ1) is 13.2. The third-order valence-corrected chi connectivity index (χ3v) is 7.71. The molecule has 0 spiro atoms. The molecule has 5 nitrogen and oxygen atoms in total. The molecule has 4 heterocycles. The number of aryl methyl sites for hydroxylation is 2. The van der Waals surface area contributed by atoms with Crippen molar-refractivity contribution >= 4 is 17.2 Å². The van der Waals surface area contributed by atoms with Gasteiger partial charge < -0.3 is 9.47 Å². The minimum atomic E-state index is 0.0925. The number of rotatable bonds is 2. The van der Waals surface area contributed by atoms with Crippen molar-refractivity contribution in [2.24, 2.45) is 5.92 Å². The number of hydrogen-bond donors (Lipinski definition) is 0. The van der Waals surface area contributed by atoms with Crippen LogP contribution in [-0.4, -0.2) is 32.1 Å². The van der Waals surface area contributed by atoms with Crippen molar-refractivity contribution in [3.63, 3.8) is 0 Å². The molecule has 0 aromatic carbocycles. The van der Waals surface area contributed by atoms with E-state index in [1.54, 1.807) is 11.3 Å². The van der Waals surface area contributed by atoms with Gasteiger partial charge >= 0.3 is 0 Å². The van der Waals surface area contributed by atoms with Gasteiger partial charge in [-0.1, -0.05) is 13.3 Å². The molecular formula is C21H28N4OS. The Morgan fingerprint density at radius 2 is 2.04 bits per heavy atom. The Morgan fingerprint density at radius 3 is 2.96 bits per heavy atom. The first-order valence-electron chi connectivity index (χ1n) is 10.5. The van der Waals surface area contributed by atoms with Crippen LogP contribution in [0.1, 0.15) is 83.3 Å². The maximum Gasteiger partial charge on any atom is 0.264 e. The fourth-order valence-electron chi connectivity index (χ4n) is 4.98. The molecule has 27 heavy (non-hydrogen) atoms. The molecule has 1 saturated heterocycles. The van der Waals surface area contributed by atoms with Gasteiger partial charge in [-0.25, -0.2) is 0 Å². The minimum Gasteiger partial charge on any atom is -0.328 e. The summed E-state index contributed by atoms with van der Waals surface area (Å²) in [7, 11) is 0. The van der Waals surface area contributed by atoms with Gasteiger partial charge in [0, 0.05) is 24.4 Å². The minimum absolute atomic E-state index is 0.0925. The number of nitrogens with zero attached hydrogens (tertiary/aromatic N) is 4. The predicted octanol–water partition coefficient (Wildman–Crippen LogP) is 4.17. The highest BCUT2D eigenvalue weighted by Gasteiger charge is 2.36. The van der Waals surface area contributed by atoms with Crippen molar-refractivity contribution in [1.82, 2.24) is 19.7 Å². The lowest BCUT2D eigenvalue weighted by Crippen LogP contribution is -2.31. The van der Waals surface area contributed by atoms with E-state index in [9.17, 15) is 4.79 Å². The van der Waals surface area contributed by atoms with E-state index in [0.717, 1.165) is 67.6 Å². The fraction of sp³-hybridized carbons (Fsp3) is 0.667. The highest BCUT2D eigenvalue weighted by Crippen LogP contribution is 2.37. The average Bonchev–Trinajstić information content (AvgIpc) is 3.35. The summed E-state index contributed by atoms with van der Waals surface area (Å²) >= 11 is 1.73. The van der Waals surface area contributed by atoms with E-state index in [4.69, 9.17) is 0 Å². The van der Waals surface area contributed by atoms with Crippen molar-refractivity contribution in [3.05, 3.63) is 33.0 Å². The van der Waals surface area contributed by atoms with Crippen LogP contribution in [0.25, 0.3) is 0 Å². The largest absolute Gasteiger partial charge is 0.328 e. The first kappa shape index (κ1) is 17.4. The van der Waals surface area contributed by atoms with Crippen LogP contribution < -0.4 is 0 Å². The van der Waals surface area contributed by atoms with Crippen molar-refractivity contribution in [3.8, 4) is 0 Å². The van der Waals surface area contributed by atoms with E-state index in [-0.39, 0.29) is 11.9 Å². The first-order valence-corrected chi connectivity index (χ1v) is 11.4. The molecular weight excluding hydrogens is 356 g/mol. The van der Waals surface area contributed by atoms with Gasteiger partial charge in [0.2, 0.25) is 0 Å². The molecule has 0 saturated carbocycles. The van der Waals surface area contributed by atoms with Gasteiger partial charge in [-0.2, -0.15) is 0 Å². The molecule has 0 radical (unpaired) electrons. The van der Waals surface area contributed by atoms with Crippen molar-refractivity contribution in [2.75, 3.05) is 6.54 Å². The zero-order valence-corrected chi connectivity index (χ0v) is 16.9. The van der Waals surface area contributed by atoms with Crippen LogP contribution in [0.2, 0.25) is 0 Å². The molecule has 2 atom stereocenters. The molecule has 0 N–H and O–H groups in total. The lowest BCUT2D eigenvalue weighted by atomic mass is 9.90. The topological polar surface area (TPSA) is 51.0 Å². The smallest absolute Gasteiger partial charge is 0.264 e. The van der Waals surface area contributed by atoms with Gasteiger partial charge in [-0.3, -0.25) is 4.79 Å². The molecule has 5 rings (SSSR count). The number of thiophene rings is 1. The fourth-order valence-corrected chi connectivity index (χ4v) is 6.15. The number of carbonyl (C=O) groups is 1. The number of carbonyl (C=O) groups excluding carboxylic acids is 1. The summed E-state index contributed by atoms with van der Waals surface area (Å²) in [5, 5.41) is 9.01.